The number of urea groups is 1. The first-order valence-corrected chi connectivity index (χ1v) is 12.7. The molecule has 0 spiro atoms. The summed E-state index contributed by atoms with van der Waals surface area (Å²) in [7, 11) is 3.36. The van der Waals surface area contributed by atoms with E-state index in [1.807, 2.05) is 26.8 Å². The van der Waals surface area contributed by atoms with Gasteiger partial charge in [-0.3, -0.25) is 10.1 Å². The molecule has 4 rings (SSSR count). The number of hydrogen-bond donors (Lipinski definition) is 3. The Labute approximate surface area is 231 Å². The summed E-state index contributed by atoms with van der Waals surface area (Å²) < 4.78 is 35.8. The van der Waals surface area contributed by atoms with Gasteiger partial charge in [0.05, 0.1) is 11.4 Å². The zero-order valence-corrected chi connectivity index (χ0v) is 23.0. The zero-order valence-electron chi connectivity index (χ0n) is 23.0. The number of aromatic nitrogens is 2. The molecule has 40 heavy (non-hydrogen) atoms. The number of amides is 3. The second-order valence-corrected chi connectivity index (χ2v) is 10.3. The normalized spacial score (nSPS) is 13.3. The Balaban J connectivity index is 1.44. The Morgan fingerprint density at radius 1 is 1.07 bits per heavy atom. The van der Waals surface area contributed by atoms with Gasteiger partial charge in [0.1, 0.15) is 23.9 Å². The van der Waals surface area contributed by atoms with Crippen molar-refractivity contribution in [1.29, 1.82) is 0 Å². The maximum atomic E-state index is 14.8. The first kappa shape index (κ1) is 28.3. The fraction of sp³-hybridized carbons (Fsp3) is 0.276. The summed E-state index contributed by atoms with van der Waals surface area (Å²) in [6.45, 7) is 6.51. The van der Waals surface area contributed by atoms with Gasteiger partial charge in [-0.1, -0.05) is 32.9 Å². The van der Waals surface area contributed by atoms with Crippen LogP contribution in [0.5, 0.6) is 5.75 Å². The highest BCUT2D eigenvalue weighted by molar-refractivity contribution is 5.99. The quantitative estimate of drug-likeness (QED) is 0.386. The van der Waals surface area contributed by atoms with E-state index in [2.05, 4.69) is 21.0 Å². The lowest BCUT2D eigenvalue weighted by Gasteiger charge is -2.24. The molecule has 11 heteroatoms. The van der Waals surface area contributed by atoms with E-state index in [1.165, 1.54) is 28.9 Å². The van der Waals surface area contributed by atoms with E-state index in [1.54, 1.807) is 43.3 Å². The molecule has 0 bridgehead atoms. The summed E-state index contributed by atoms with van der Waals surface area (Å²) in [6, 6.07) is 11.0. The van der Waals surface area contributed by atoms with E-state index >= 15 is 0 Å². The third-order valence-corrected chi connectivity index (χ3v) is 6.18. The molecule has 0 saturated carbocycles. The van der Waals surface area contributed by atoms with Crippen LogP contribution in [0.25, 0.3) is 5.69 Å². The first-order valence-electron chi connectivity index (χ1n) is 12.7. The van der Waals surface area contributed by atoms with Gasteiger partial charge < -0.3 is 20.3 Å². The molecule has 1 aliphatic heterocycles. The predicted molar refractivity (Wildman–Crippen MR) is 150 cm³/mol. The summed E-state index contributed by atoms with van der Waals surface area (Å²) in [5, 5.41) is 12.5. The van der Waals surface area contributed by atoms with Crippen molar-refractivity contribution in [3.63, 3.8) is 0 Å². The lowest BCUT2D eigenvalue weighted by molar-refractivity contribution is -0.118. The molecule has 0 saturated heterocycles. The minimum absolute atomic E-state index is 0.000297. The predicted octanol–water partition coefficient (Wildman–Crippen LogP) is 4.97. The summed E-state index contributed by atoms with van der Waals surface area (Å²) in [5.41, 5.74) is 2.24. The molecule has 3 amide bonds. The maximum absolute atomic E-state index is 14.8. The van der Waals surface area contributed by atoms with Crippen molar-refractivity contribution in [1.82, 2.24) is 20.0 Å². The number of benzene rings is 2. The van der Waals surface area contributed by atoms with Gasteiger partial charge in [-0.05, 0) is 42.0 Å². The molecular weight excluding hydrogens is 518 g/mol. The van der Waals surface area contributed by atoms with Gasteiger partial charge in [-0.15, -0.1) is 0 Å². The van der Waals surface area contributed by atoms with Crippen molar-refractivity contribution in [2.45, 2.75) is 26.2 Å². The van der Waals surface area contributed by atoms with E-state index in [0.29, 0.717) is 29.4 Å². The Bertz CT molecular complexity index is 1490. The van der Waals surface area contributed by atoms with Gasteiger partial charge in [-0.2, -0.15) is 5.10 Å². The Morgan fingerprint density at radius 2 is 1.85 bits per heavy atom. The lowest BCUT2D eigenvalue weighted by atomic mass is 9.92. The zero-order chi connectivity index (χ0) is 29.0. The number of rotatable bonds is 7. The van der Waals surface area contributed by atoms with Gasteiger partial charge in [0.2, 0.25) is 0 Å². The Hall–Kier alpha value is -4.67. The van der Waals surface area contributed by atoms with Crippen molar-refractivity contribution in [3.8, 4) is 11.4 Å². The fourth-order valence-corrected chi connectivity index (χ4v) is 3.94. The molecule has 0 aliphatic carbocycles. The number of ether oxygens (including phenoxy) is 1. The molecule has 2 heterocycles. The number of nitrogens with one attached hydrogen (secondary N) is 3. The number of nitrogens with zero attached hydrogens (tertiary/aromatic N) is 3. The van der Waals surface area contributed by atoms with Crippen LogP contribution in [0.3, 0.4) is 0 Å². The SMILES string of the molecule is CNC(=O)C1=CC(COc2ccc(NC(=O)Nc3cc(C(C)(C)C)nn3-c3cccc(F)c3)cc2F)=CCN1C. The summed E-state index contributed by atoms with van der Waals surface area (Å²) in [6.07, 6.45) is 3.59. The van der Waals surface area contributed by atoms with E-state index in [4.69, 9.17) is 4.74 Å². The van der Waals surface area contributed by atoms with E-state index in [0.717, 1.165) is 11.6 Å². The Morgan fingerprint density at radius 3 is 2.52 bits per heavy atom. The van der Waals surface area contributed by atoms with Gasteiger partial charge in [0.25, 0.3) is 5.91 Å². The second kappa shape index (κ2) is 11.6. The van der Waals surface area contributed by atoms with Crippen LogP contribution in [0.1, 0.15) is 26.5 Å². The number of hydrogen-bond acceptors (Lipinski definition) is 5. The van der Waals surface area contributed by atoms with Crippen LogP contribution in [-0.4, -0.2) is 53.9 Å². The van der Waals surface area contributed by atoms with Gasteiger partial charge in [0, 0.05) is 43.9 Å². The van der Waals surface area contributed by atoms with Crippen LogP contribution in [0, 0.1) is 11.6 Å². The monoisotopic (exact) mass is 550 g/mol. The van der Waals surface area contributed by atoms with Crippen molar-refractivity contribution in [3.05, 3.63) is 89.3 Å². The molecule has 2 aromatic carbocycles. The molecule has 210 valence electrons. The molecule has 3 aromatic rings. The molecule has 0 radical (unpaired) electrons. The Kier molecular flexibility index (Phi) is 8.22. The van der Waals surface area contributed by atoms with E-state index in [-0.39, 0.29) is 29.4 Å². The molecule has 1 aliphatic rings. The number of carbonyl (C=O) groups excluding carboxylic acids is 2. The summed E-state index contributed by atoms with van der Waals surface area (Å²) >= 11 is 0. The molecule has 0 fully saturated rings. The van der Waals surface area contributed by atoms with Gasteiger partial charge >= 0.3 is 6.03 Å². The van der Waals surface area contributed by atoms with Crippen molar-refractivity contribution in [2.75, 3.05) is 37.9 Å². The number of halogens is 2. The fourth-order valence-electron chi connectivity index (χ4n) is 3.94. The van der Waals surface area contributed by atoms with Crippen LogP contribution in [-0.2, 0) is 10.2 Å². The van der Waals surface area contributed by atoms with Crippen molar-refractivity contribution < 1.29 is 23.1 Å². The smallest absolute Gasteiger partial charge is 0.324 e. The highest BCUT2D eigenvalue weighted by Crippen LogP contribution is 2.27. The van der Waals surface area contributed by atoms with Crippen LogP contribution >= 0.6 is 0 Å². The number of likely N-dealkylation sites (N-methyl/N-ethyl adjacent to an activating group) is 2. The molecular formula is C29H32F2N6O3. The highest BCUT2D eigenvalue weighted by Gasteiger charge is 2.22. The number of carbonyl (C=O) groups is 2. The standard InChI is InChI=1S/C29H32F2N6O3/c1-29(2,3)25-16-26(37(35-25)21-8-6-7-19(30)14-21)34-28(39)33-20-9-10-24(22(31)15-20)40-17-18-11-12-36(5)23(13-18)27(38)32-4/h6-11,13-16H,12,17H2,1-5H3,(H,32,38)(H2,33,34,39). The summed E-state index contributed by atoms with van der Waals surface area (Å²) in [4.78, 5) is 26.6. The summed E-state index contributed by atoms with van der Waals surface area (Å²) in [5.74, 6) is -1.000. The van der Waals surface area contributed by atoms with E-state index in [9.17, 15) is 18.4 Å². The molecule has 9 nitrogen and oxygen atoms in total. The average molecular weight is 551 g/mol. The van der Waals surface area contributed by atoms with Crippen LogP contribution in [0.2, 0.25) is 0 Å². The minimum atomic E-state index is -0.665. The molecule has 0 atom stereocenters. The maximum Gasteiger partial charge on any atom is 0.324 e. The minimum Gasteiger partial charge on any atom is -0.486 e. The third kappa shape index (κ3) is 6.66. The molecule has 1 aromatic heterocycles. The topological polar surface area (TPSA) is 101 Å². The third-order valence-electron chi connectivity index (χ3n) is 6.18. The lowest BCUT2D eigenvalue weighted by Crippen LogP contribution is -2.33. The molecule has 0 unspecified atom stereocenters. The molecule has 3 N–H and O–H groups in total. The van der Waals surface area contributed by atoms with Crippen molar-refractivity contribution in [2.24, 2.45) is 0 Å². The largest absolute Gasteiger partial charge is 0.486 e. The first-order chi connectivity index (χ1) is 18.9. The average Bonchev–Trinajstić information content (AvgIpc) is 3.33. The highest BCUT2D eigenvalue weighted by atomic mass is 19.1. The van der Waals surface area contributed by atoms with Gasteiger partial charge in [0.15, 0.2) is 11.6 Å². The van der Waals surface area contributed by atoms with E-state index < -0.39 is 17.7 Å². The van der Waals surface area contributed by atoms with Crippen LogP contribution in [0.15, 0.2) is 72.0 Å². The number of anilines is 2. The van der Waals surface area contributed by atoms with Gasteiger partial charge in [-0.25, -0.2) is 18.3 Å². The van der Waals surface area contributed by atoms with Crippen LogP contribution in [0.4, 0.5) is 25.1 Å². The van der Waals surface area contributed by atoms with Crippen molar-refractivity contribution >= 4 is 23.4 Å². The van der Waals surface area contributed by atoms with Crippen LogP contribution < -0.4 is 20.7 Å². The second-order valence-electron chi connectivity index (χ2n) is 10.3.